The third kappa shape index (κ3) is 5.22. The van der Waals surface area contributed by atoms with E-state index in [-0.39, 0.29) is 22.5 Å². The van der Waals surface area contributed by atoms with Crippen molar-refractivity contribution in [3.63, 3.8) is 0 Å². The Balaban J connectivity index is 1.42. The standard InChI is InChI=1S/C26H23I3O9S/c1-9(2)11-7-18(10(3)4-19(11)39(33,34)35)36-25(31)20-13-5-14-21(20)26(32)38-23(14)22(13)37-24(30)12-6-16(28)17(29)8-15(12)27/h4,6-9,13-14,20-23H,5H2,1-3H3,(H,33,34,35). The number of halogens is 3. The summed E-state index contributed by atoms with van der Waals surface area (Å²) in [6, 6.07) is 6.33. The summed E-state index contributed by atoms with van der Waals surface area (Å²) in [7, 11) is -4.48. The Labute approximate surface area is 266 Å². The van der Waals surface area contributed by atoms with Gasteiger partial charge in [-0.1, -0.05) is 13.8 Å². The highest BCUT2D eigenvalue weighted by Crippen LogP contribution is 2.59. The summed E-state index contributed by atoms with van der Waals surface area (Å²) in [6.45, 7) is 5.07. The Morgan fingerprint density at radius 3 is 2.36 bits per heavy atom. The summed E-state index contributed by atoms with van der Waals surface area (Å²) < 4.78 is 53.4. The lowest BCUT2D eigenvalue weighted by atomic mass is 9.78. The zero-order valence-electron chi connectivity index (χ0n) is 20.8. The van der Waals surface area contributed by atoms with Gasteiger partial charge in [-0.05, 0) is 122 Å². The van der Waals surface area contributed by atoms with Crippen LogP contribution >= 0.6 is 67.8 Å². The number of esters is 3. The molecule has 1 N–H and O–H groups in total. The van der Waals surface area contributed by atoms with Crippen molar-refractivity contribution in [2.45, 2.75) is 50.2 Å². The Kier molecular flexibility index (Phi) is 8.04. The van der Waals surface area contributed by atoms with E-state index in [2.05, 4.69) is 67.8 Å². The van der Waals surface area contributed by atoms with E-state index >= 15 is 0 Å². The number of ether oxygens (including phenoxy) is 3. The molecular weight excluding hydrogens is 869 g/mol. The normalized spacial score (nSPS) is 27.1. The second-order valence-electron chi connectivity index (χ2n) is 10.3. The molecule has 3 fully saturated rings. The molecule has 2 aromatic rings. The lowest BCUT2D eigenvalue weighted by molar-refractivity contribution is -0.149. The van der Waals surface area contributed by atoms with Crippen LogP contribution in [0.3, 0.4) is 0 Å². The van der Waals surface area contributed by atoms with Crippen LogP contribution in [0.25, 0.3) is 0 Å². The molecule has 1 aliphatic heterocycles. The molecule has 5 rings (SSSR count). The summed E-state index contributed by atoms with van der Waals surface area (Å²) in [5, 5.41) is 0. The summed E-state index contributed by atoms with van der Waals surface area (Å²) in [5.41, 5.74) is 1.04. The van der Waals surface area contributed by atoms with E-state index in [1.807, 2.05) is 6.07 Å². The molecule has 13 heteroatoms. The van der Waals surface area contributed by atoms with E-state index in [1.165, 1.54) is 12.1 Å². The fourth-order valence-electron chi connectivity index (χ4n) is 5.97. The van der Waals surface area contributed by atoms with E-state index in [1.54, 1.807) is 26.8 Å². The molecule has 0 spiro atoms. The van der Waals surface area contributed by atoms with Crippen LogP contribution in [-0.2, 0) is 29.2 Å². The van der Waals surface area contributed by atoms with Crippen molar-refractivity contribution in [3.05, 3.63) is 51.7 Å². The third-order valence-corrected chi connectivity index (χ3v) is 12.3. The van der Waals surface area contributed by atoms with Gasteiger partial charge in [-0.2, -0.15) is 8.42 Å². The van der Waals surface area contributed by atoms with Crippen molar-refractivity contribution in [2.24, 2.45) is 23.7 Å². The van der Waals surface area contributed by atoms with Gasteiger partial charge in [0.25, 0.3) is 10.1 Å². The van der Waals surface area contributed by atoms with Crippen LogP contribution in [0.1, 0.15) is 47.7 Å². The van der Waals surface area contributed by atoms with Gasteiger partial charge in [-0.25, -0.2) is 4.79 Å². The van der Waals surface area contributed by atoms with Gasteiger partial charge >= 0.3 is 17.9 Å². The molecule has 1 saturated heterocycles. The first-order chi connectivity index (χ1) is 18.2. The molecule has 1 heterocycles. The van der Waals surface area contributed by atoms with E-state index in [9.17, 15) is 27.4 Å². The molecule has 2 aromatic carbocycles. The molecule has 0 aromatic heterocycles. The topological polar surface area (TPSA) is 133 Å². The van der Waals surface area contributed by atoms with E-state index in [0.29, 0.717) is 23.1 Å². The fourth-order valence-corrected chi connectivity index (χ4v) is 9.11. The van der Waals surface area contributed by atoms with Crippen molar-refractivity contribution in [1.29, 1.82) is 0 Å². The number of fused-ring (bicyclic) bond motifs is 1. The maximum Gasteiger partial charge on any atom is 0.339 e. The maximum atomic E-state index is 13.5. The summed E-state index contributed by atoms with van der Waals surface area (Å²) in [6.07, 6.45) is -0.910. The number of carbonyl (C=O) groups is 3. The van der Waals surface area contributed by atoms with Crippen molar-refractivity contribution < 1.29 is 41.6 Å². The Hall–Kier alpha value is -1.05. The molecule has 0 radical (unpaired) electrons. The van der Waals surface area contributed by atoms with E-state index < -0.39 is 58.0 Å². The second-order valence-corrected chi connectivity index (χ2v) is 15.2. The van der Waals surface area contributed by atoms with Gasteiger partial charge in [-0.3, -0.25) is 14.1 Å². The molecule has 6 atom stereocenters. The maximum absolute atomic E-state index is 13.5. The van der Waals surface area contributed by atoms with Gasteiger partial charge in [0, 0.05) is 22.5 Å². The van der Waals surface area contributed by atoms with Gasteiger partial charge < -0.3 is 14.2 Å². The molecule has 0 amide bonds. The molecule has 39 heavy (non-hydrogen) atoms. The van der Waals surface area contributed by atoms with Crippen LogP contribution in [0.5, 0.6) is 5.75 Å². The van der Waals surface area contributed by atoms with Crippen LogP contribution in [-0.4, -0.2) is 43.1 Å². The molecule has 9 nitrogen and oxygen atoms in total. The molecular formula is C26H23I3O9S. The third-order valence-electron chi connectivity index (χ3n) is 7.71. The minimum Gasteiger partial charge on any atom is -0.458 e. The van der Waals surface area contributed by atoms with Crippen molar-refractivity contribution in [3.8, 4) is 5.75 Å². The van der Waals surface area contributed by atoms with Crippen LogP contribution in [0.4, 0.5) is 0 Å². The summed E-state index contributed by atoms with van der Waals surface area (Å²) >= 11 is 6.41. The molecule has 2 aliphatic carbocycles. The quantitative estimate of drug-likeness (QED) is 0.138. The first-order valence-electron chi connectivity index (χ1n) is 12.1. The number of aryl methyl sites for hydroxylation is 1. The number of carbonyl (C=O) groups excluding carboxylic acids is 3. The van der Waals surface area contributed by atoms with Crippen molar-refractivity contribution >= 4 is 95.8 Å². The van der Waals surface area contributed by atoms with E-state index in [0.717, 1.165) is 10.7 Å². The SMILES string of the molecule is Cc1cc(S(=O)(=O)O)c(C(C)C)cc1OC(=O)C1C2CC3C(OC(=O)C31)C2OC(=O)c1cc(I)c(I)cc1I. The average Bonchev–Trinajstić information content (AvgIpc) is 3.45. The fraction of sp³-hybridized carbons (Fsp3) is 0.423. The largest absolute Gasteiger partial charge is 0.458 e. The molecule has 208 valence electrons. The Morgan fingerprint density at radius 1 is 1.05 bits per heavy atom. The predicted molar refractivity (Wildman–Crippen MR) is 163 cm³/mol. The number of benzene rings is 2. The highest BCUT2D eigenvalue weighted by atomic mass is 127. The van der Waals surface area contributed by atoms with E-state index in [4.69, 9.17) is 14.2 Å². The van der Waals surface area contributed by atoms with Gasteiger partial charge in [0.1, 0.15) is 18.0 Å². The molecule has 2 bridgehead atoms. The van der Waals surface area contributed by atoms with Gasteiger partial charge in [-0.15, -0.1) is 0 Å². The highest BCUT2D eigenvalue weighted by Gasteiger charge is 2.70. The molecule has 3 aliphatic rings. The summed E-state index contributed by atoms with van der Waals surface area (Å²) in [4.78, 5) is 39.3. The first kappa shape index (κ1) is 29.4. The van der Waals surface area contributed by atoms with Gasteiger partial charge in [0.05, 0.1) is 22.3 Å². The minimum absolute atomic E-state index is 0.137. The number of hydrogen-bond donors (Lipinski definition) is 1. The lowest BCUT2D eigenvalue weighted by Crippen LogP contribution is -2.44. The first-order valence-corrected chi connectivity index (χ1v) is 16.8. The predicted octanol–water partition coefficient (Wildman–Crippen LogP) is 5.12. The number of hydrogen-bond acceptors (Lipinski definition) is 8. The number of rotatable bonds is 6. The average molecular weight is 892 g/mol. The van der Waals surface area contributed by atoms with Crippen LogP contribution in [0.2, 0.25) is 0 Å². The highest BCUT2D eigenvalue weighted by molar-refractivity contribution is 14.1. The molecule has 6 unspecified atom stereocenters. The van der Waals surface area contributed by atoms with Crippen molar-refractivity contribution in [2.75, 3.05) is 0 Å². The smallest absolute Gasteiger partial charge is 0.339 e. The Morgan fingerprint density at radius 2 is 1.72 bits per heavy atom. The van der Waals surface area contributed by atoms with Crippen LogP contribution in [0, 0.1) is 41.3 Å². The van der Waals surface area contributed by atoms with Crippen LogP contribution < -0.4 is 4.74 Å². The second kappa shape index (κ2) is 10.7. The minimum atomic E-state index is -4.48. The monoisotopic (exact) mass is 892 g/mol. The summed E-state index contributed by atoms with van der Waals surface area (Å²) in [5.74, 6) is -4.16. The zero-order valence-corrected chi connectivity index (χ0v) is 28.1. The zero-order chi connectivity index (χ0) is 28.5. The van der Waals surface area contributed by atoms with Crippen LogP contribution in [0.15, 0.2) is 29.2 Å². The van der Waals surface area contributed by atoms with Crippen molar-refractivity contribution in [1.82, 2.24) is 0 Å². The Bertz CT molecular complexity index is 1520. The molecule has 2 saturated carbocycles. The van der Waals surface area contributed by atoms with Gasteiger partial charge in [0.2, 0.25) is 0 Å². The van der Waals surface area contributed by atoms with Gasteiger partial charge in [0.15, 0.2) is 0 Å². The lowest BCUT2D eigenvalue weighted by Gasteiger charge is -2.30.